The molecule has 0 amide bonds. The van der Waals surface area contributed by atoms with Gasteiger partial charge in [-0.25, -0.2) is 4.68 Å². The van der Waals surface area contributed by atoms with Crippen LogP contribution in [0.3, 0.4) is 0 Å². The number of aromatic nitrogens is 4. The van der Waals surface area contributed by atoms with E-state index >= 15 is 0 Å². The lowest BCUT2D eigenvalue weighted by atomic mass is 10.0. The van der Waals surface area contributed by atoms with Crippen LogP contribution in [0.4, 0.5) is 0 Å². The highest BCUT2D eigenvalue weighted by molar-refractivity contribution is 5.67. The topological polar surface area (TPSA) is 80.9 Å². The molecule has 6 nitrogen and oxygen atoms in total. The van der Waals surface area contributed by atoms with E-state index in [1.807, 2.05) is 32.0 Å². The monoisotopic (exact) mass is 260 g/mol. The smallest absolute Gasteiger partial charge is 0.305 e. The summed E-state index contributed by atoms with van der Waals surface area (Å²) in [4.78, 5) is 10.8. The molecule has 1 aromatic heterocycles. The van der Waals surface area contributed by atoms with Crippen molar-refractivity contribution in [2.24, 2.45) is 0 Å². The van der Waals surface area contributed by atoms with Gasteiger partial charge in [-0.15, -0.1) is 5.10 Å². The number of carboxylic acids is 1. The summed E-state index contributed by atoms with van der Waals surface area (Å²) >= 11 is 0. The molecule has 2 rings (SSSR count). The van der Waals surface area contributed by atoms with Gasteiger partial charge in [-0.2, -0.15) is 0 Å². The van der Waals surface area contributed by atoms with Crippen LogP contribution >= 0.6 is 0 Å². The van der Waals surface area contributed by atoms with E-state index in [0.717, 1.165) is 16.7 Å². The number of aliphatic carboxylic acids is 1. The molecule has 0 radical (unpaired) electrons. The van der Waals surface area contributed by atoms with E-state index in [9.17, 15) is 4.79 Å². The summed E-state index contributed by atoms with van der Waals surface area (Å²) in [6, 6.07) is 5.74. The van der Waals surface area contributed by atoms with Gasteiger partial charge in [-0.1, -0.05) is 17.7 Å². The Morgan fingerprint density at radius 2 is 2.16 bits per heavy atom. The molecule has 1 aromatic carbocycles. The van der Waals surface area contributed by atoms with Crippen molar-refractivity contribution in [2.75, 3.05) is 0 Å². The van der Waals surface area contributed by atoms with Crippen LogP contribution in [-0.4, -0.2) is 31.3 Å². The van der Waals surface area contributed by atoms with Crippen LogP contribution in [0.25, 0.3) is 11.4 Å². The van der Waals surface area contributed by atoms with Crippen LogP contribution in [0.5, 0.6) is 0 Å². The highest BCUT2D eigenvalue weighted by Gasteiger charge is 2.18. The summed E-state index contributed by atoms with van der Waals surface area (Å²) in [6.45, 7) is 5.77. The molecule has 0 saturated carbocycles. The number of rotatable bonds is 4. The molecule has 0 spiro atoms. The average Bonchev–Trinajstić information content (AvgIpc) is 2.80. The third kappa shape index (κ3) is 2.78. The van der Waals surface area contributed by atoms with Crippen LogP contribution in [0.1, 0.15) is 30.5 Å². The first-order valence-electron chi connectivity index (χ1n) is 6.06. The lowest BCUT2D eigenvalue weighted by Crippen LogP contribution is -2.13. The first-order chi connectivity index (χ1) is 8.99. The van der Waals surface area contributed by atoms with E-state index in [1.165, 1.54) is 0 Å². The molecule has 1 unspecified atom stereocenters. The van der Waals surface area contributed by atoms with Crippen LogP contribution in [0.15, 0.2) is 18.2 Å². The zero-order valence-corrected chi connectivity index (χ0v) is 11.2. The van der Waals surface area contributed by atoms with E-state index in [2.05, 4.69) is 15.5 Å². The standard InChI is InChI=1S/C13H16N4O2/c1-8-4-5-9(2)11(6-8)13-14-15-16-17(13)10(3)7-12(18)19/h4-6,10H,7H2,1-3H3,(H,18,19). The molecule has 0 aliphatic heterocycles. The van der Waals surface area contributed by atoms with E-state index in [1.54, 1.807) is 11.6 Å². The fourth-order valence-electron chi connectivity index (χ4n) is 1.98. The van der Waals surface area contributed by atoms with Crippen molar-refractivity contribution in [3.63, 3.8) is 0 Å². The maximum atomic E-state index is 10.8. The fraction of sp³-hybridized carbons (Fsp3) is 0.385. The number of carboxylic acid groups (broad SMARTS) is 1. The third-order valence-corrected chi connectivity index (χ3v) is 3.01. The first kappa shape index (κ1) is 13.2. The normalized spacial score (nSPS) is 12.4. The SMILES string of the molecule is Cc1ccc(C)c(-c2nnnn2C(C)CC(=O)O)c1. The quantitative estimate of drug-likeness (QED) is 0.909. The van der Waals surface area contributed by atoms with Gasteiger partial charge in [0, 0.05) is 5.56 Å². The summed E-state index contributed by atoms with van der Waals surface area (Å²) in [5.41, 5.74) is 3.10. The van der Waals surface area contributed by atoms with Crippen molar-refractivity contribution in [1.29, 1.82) is 0 Å². The predicted octanol–water partition coefficient (Wildman–Crippen LogP) is 1.99. The highest BCUT2D eigenvalue weighted by Crippen LogP contribution is 2.24. The summed E-state index contributed by atoms with van der Waals surface area (Å²) in [5.74, 6) is -0.259. The summed E-state index contributed by atoms with van der Waals surface area (Å²) in [5, 5.41) is 20.5. The molecule has 1 N–H and O–H groups in total. The lowest BCUT2D eigenvalue weighted by molar-refractivity contribution is -0.137. The van der Waals surface area contributed by atoms with Gasteiger partial charge in [0.2, 0.25) is 0 Å². The minimum atomic E-state index is -0.866. The van der Waals surface area contributed by atoms with Gasteiger partial charge in [0.25, 0.3) is 0 Å². The second-order valence-electron chi connectivity index (χ2n) is 4.71. The van der Waals surface area contributed by atoms with E-state index in [0.29, 0.717) is 5.82 Å². The molecular weight excluding hydrogens is 244 g/mol. The molecular formula is C13H16N4O2. The van der Waals surface area contributed by atoms with E-state index < -0.39 is 5.97 Å². The molecule has 2 aromatic rings. The zero-order valence-electron chi connectivity index (χ0n) is 11.2. The largest absolute Gasteiger partial charge is 0.481 e. The second kappa shape index (κ2) is 5.17. The van der Waals surface area contributed by atoms with E-state index in [-0.39, 0.29) is 12.5 Å². The highest BCUT2D eigenvalue weighted by atomic mass is 16.4. The van der Waals surface area contributed by atoms with Gasteiger partial charge in [0.15, 0.2) is 5.82 Å². The molecule has 6 heteroatoms. The Kier molecular flexibility index (Phi) is 3.59. The molecule has 0 saturated heterocycles. The Morgan fingerprint density at radius 1 is 1.42 bits per heavy atom. The Labute approximate surface area is 111 Å². The van der Waals surface area contributed by atoms with Crippen LogP contribution in [-0.2, 0) is 4.79 Å². The number of benzene rings is 1. The summed E-state index contributed by atoms with van der Waals surface area (Å²) in [6.07, 6.45) is -0.0110. The molecule has 100 valence electrons. The minimum Gasteiger partial charge on any atom is -0.481 e. The zero-order chi connectivity index (χ0) is 14.0. The summed E-state index contributed by atoms with van der Waals surface area (Å²) in [7, 11) is 0. The molecule has 0 aliphatic carbocycles. The van der Waals surface area contributed by atoms with Gasteiger partial charge >= 0.3 is 5.97 Å². The van der Waals surface area contributed by atoms with Crippen molar-refractivity contribution in [1.82, 2.24) is 20.2 Å². The Bertz CT molecular complexity index is 606. The molecule has 1 heterocycles. The average molecular weight is 260 g/mol. The van der Waals surface area contributed by atoms with Gasteiger partial charge < -0.3 is 5.11 Å². The molecule has 0 fully saturated rings. The van der Waals surface area contributed by atoms with Crippen molar-refractivity contribution < 1.29 is 9.90 Å². The predicted molar refractivity (Wildman–Crippen MR) is 69.7 cm³/mol. The van der Waals surface area contributed by atoms with Gasteiger partial charge in [0.1, 0.15) is 0 Å². The third-order valence-electron chi connectivity index (χ3n) is 3.01. The lowest BCUT2D eigenvalue weighted by Gasteiger charge is -2.12. The molecule has 1 atom stereocenters. The van der Waals surface area contributed by atoms with Crippen LogP contribution in [0.2, 0.25) is 0 Å². The van der Waals surface area contributed by atoms with Crippen molar-refractivity contribution >= 4 is 5.97 Å². The second-order valence-corrected chi connectivity index (χ2v) is 4.71. The Balaban J connectivity index is 2.44. The maximum Gasteiger partial charge on any atom is 0.305 e. The molecule has 0 aliphatic rings. The van der Waals surface area contributed by atoms with Crippen LogP contribution in [0, 0.1) is 13.8 Å². The number of tetrazole rings is 1. The number of carbonyl (C=O) groups is 1. The molecule has 19 heavy (non-hydrogen) atoms. The van der Waals surface area contributed by atoms with Crippen molar-refractivity contribution in [3.8, 4) is 11.4 Å². The number of hydrogen-bond donors (Lipinski definition) is 1. The van der Waals surface area contributed by atoms with E-state index in [4.69, 9.17) is 5.11 Å². The minimum absolute atomic E-state index is 0.0110. The van der Waals surface area contributed by atoms with Gasteiger partial charge in [-0.05, 0) is 42.8 Å². The Morgan fingerprint density at radius 3 is 2.84 bits per heavy atom. The Hall–Kier alpha value is -2.24. The molecule has 0 bridgehead atoms. The van der Waals surface area contributed by atoms with Gasteiger partial charge in [0.05, 0.1) is 12.5 Å². The number of aryl methyl sites for hydroxylation is 2. The van der Waals surface area contributed by atoms with Crippen molar-refractivity contribution in [2.45, 2.75) is 33.2 Å². The number of hydrogen-bond acceptors (Lipinski definition) is 4. The van der Waals surface area contributed by atoms with Crippen molar-refractivity contribution in [3.05, 3.63) is 29.3 Å². The number of nitrogens with zero attached hydrogens (tertiary/aromatic N) is 4. The van der Waals surface area contributed by atoms with Crippen LogP contribution < -0.4 is 0 Å². The maximum absolute atomic E-state index is 10.8. The summed E-state index contributed by atoms with van der Waals surface area (Å²) < 4.78 is 1.57. The first-order valence-corrected chi connectivity index (χ1v) is 6.06. The fourth-order valence-corrected chi connectivity index (χ4v) is 1.98. The van der Waals surface area contributed by atoms with Gasteiger partial charge in [-0.3, -0.25) is 4.79 Å².